The summed E-state index contributed by atoms with van der Waals surface area (Å²) in [5.41, 5.74) is 0.913. The third-order valence-electron chi connectivity index (χ3n) is 3.49. The van der Waals surface area contributed by atoms with Gasteiger partial charge in [0.05, 0.1) is 14.7 Å². The molecular weight excluding hydrogens is 326 g/mol. The lowest BCUT2D eigenvalue weighted by Crippen LogP contribution is -2.44. The van der Waals surface area contributed by atoms with E-state index in [1.165, 1.54) is 38.7 Å². The Morgan fingerprint density at radius 3 is 2.77 bits per heavy atom. The van der Waals surface area contributed by atoms with Crippen LogP contribution >= 0.6 is 11.5 Å². The molecule has 0 bridgehead atoms. The van der Waals surface area contributed by atoms with Crippen molar-refractivity contribution >= 4 is 27.2 Å². The average molecular weight is 340 g/mol. The number of aromatic nitrogens is 1. The number of rotatable bonds is 4. The first-order chi connectivity index (χ1) is 10.5. The highest BCUT2D eigenvalue weighted by Gasteiger charge is 2.25. The first-order valence-electron chi connectivity index (χ1n) is 6.77. The van der Waals surface area contributed by atoms with Crippen LogP contribution in [-0.4, -0.2) is 13.3 Å². The Morgan fingerprint density at radius 2 is 2.05 bits per heavy atom. The van der Waals surface area contributed by atoms with Crippen LogP contribution in [0.2, 0.25) is 0 Å². The predicted molar refractivity (Wildman–Crippen MR) is 80.8 cm³/mol. The maximum absolute atomic E-state index is 12.3. The molecule has 2 aromatic rings. The monoisotopic (exact) mass is 340 g/mol. The Balaban J connectivity index is 1.88. The minimum Gasteiger partial charge on any atom is -0.258 e. The van der Waals surface area contributed by atoms with E-state index in [1.54, 1.807) is 6.20 Å². The summed E-state index contributed by atoms with van der Waals surface area (Å²) in [7, 11) is -3.85. The Hall–Kier alpha value is -2.00. The molecule has 1 aromatic carbocycles. The van der Waals surface area contributed by atoms with Crippen LogP contribution in [0.5, 0.6) is 0 Å². The van der Waals surface area contributed by atoms with Gasteiger partial charge < -0.3 is 0 Å². The molecule has 0 radical (unpaired) electrons. The van der Waals surface area contributed by atoms with E-state index in [1.807, 2.05) is 0 Å². The molecule has 0 saturated carbocycles. The van der Waals surface area contributed by atoms with Gasteiger partial charge in [-0.1, -0.05) is 10.9 Å². The van der Waals surface area contributed by atoms with Gasteiger partial charge in [-0.25, -0.2) is 0 Å². The van der Waals surface area contributed by atoms with Crippen LogP contribution < -0.4 is 8.90 Å². The molecule has 1 aliphatic carbocycles. The van der Waals surface area contributed by atoms with Crippen LogP contribution in [-0.2, 0) is 22.9 Å². The van der Waals surface area contributed by atoms with E-state index in [4.69, 9.17) is 0 Å². The van der Waals surface area contributed by atoms with Crippen molar-refractivity contribution < 1.29 is 17.4 Å². The topological polar surface area (TPSA) is 93.2 Å². The summed E-state index contributed by atoms with van der Waals surface area (Å²) in [5.74, 6) is 0. The van der Waals surface area contributed by atoms with Gasteiger partial charge in [-0.05, 0) is 35.8 Å². The van der Waals surface area contributed by atoms with E-state index in [0.29, 0.717) is 0 Å². The Labute approximate surface area is 131 Å². The molecule has 9 heteroatoms. The standard InChI is InChI=1S/C13H14N3O4S2/c17-16(18)11-5-3-6-12(8-11)22(19,20)14-15-9-10-4-1-2-7-13(10)21-15/h3,5-6,8-9,14H,1-2,4,7H2/q+1. The lowest BCUT2D eigenvalue weighted by atomic mass is 10.0. The molecule has 116 valence electrons. The molecule has 3 rings (SSSR count). The highest BCUT2D eigenvalue weighted by molar-refractivity contribution is 7.92. The minimum atomic E-state index is -3.85. The fraction of sp³-hybridized carbons (Fsp3) is 0.308. The molecule has 7 nitrogen and oxygen atoms in total. The number of nitro groups is 1. The summed E-state index contributed by atoms with van der Waals surface area (Å²) in [6.07, 6.45) is 5.93. The zero-order valence-corrected chi connectivity index (χ0v) is 13.2. The van der Waals surface area contributed by atoms with Crippen LogP contribution in [0.4, 0.5) is 5.69 Å². The maximum Gasteiger partial charge on any atom is 0.308 e. The lowest BCUT2D eigenvalue weighted by molar-refractivity contribution is -0.564. The zero-order chi connectivity index (χ0) is 15.7. The van der Waals surface area contributed by atoms with Crippen molar-refractivity contribution in [1.82, 2.24) is 0 Å². The number of nitrogens with zero attached hydrogens (tertiary/aromatic N) is 2. The number of hydrogen-bond donors (Lipinski definition) is 1. The average Bonchev–Trinajstić information content (AvgIpc) is 2.88. The fourth-order valence-electron chi connectivity index (χ4n) is 2.41. The minimum absolute atomic E-state index is 0.124. The molecule has 1 aliphatic rings. The molecular formula is C13H14N3O4S2+. The second-order valence-electron chi connectivity index (χ2n) is 5.05. The number of nitro benzene ring substituents is 1. The van der Waals surface area contributed by atoms with Gasteiger partial charge in [-0.3, -0.25) is 10.1 Å². The summed E-state index contributed by atoms with van der Waals surface area (Å²) in [4.78, 5) is 13.6. The number of hydrogen-bond acceptors (Lipinski definition) is 5. The fourth-order valence-corrected chi connectivity index (χ4v) is 4.71. The number of sulfonamides is 1. The number of fused-ring (bicyclic) bond motifs is 1. The lowest BCUT2D eigenvalue weighted by Gasteiger charge is -2.04. The van der Waals surface area contributed by atoms with E-state index in [-0.39, 0.29) is 10.6 Å². The molecule has 22 heavy (non-hydrogen) atoms. The molecule has 0 unspecified atom stereocenters. The molecule has 1 aromatic heterocycles. The number of non-ortho nitro benzene ring substituents is 1. The summed E-state index contributed by atoms with van der Waals surface area (Å²) < 4.78 is 26.1. The van der Waals surface area contributed by atoms with E-state index in [0.717, 1.165) is 37.3 Å². The number of aryl methyl sites for hydroxylation is 2. The van der Waals surface area contributed by atoms with E-state index >= 15 is 0 Å². The molecule has 1 N–H and O–H groups in total. The molecule has 0 amide bonds. The highest BCUT2D eigenvalue weighted by Crippen LogP contribution is 2.23. The zero-order valence-electron chi connectivity index (χ0n) is 11.6. The maximum atomic E-state index is 12.3. The van der Waals surface area contributed by atoms with Gasteiger partial charge >= 0.3 is 10.0 Å². The van der Waals surface area contributed by atoms with Crippen LogP contribution in [0.1, 0.15) is 23.3 Å². The van der Waals surface area contributed by atoms with Crippen LogP contribution in [0.15, 0.2) is 35.4 Å². The third kappa shape index (κ3) is 2.95. The van der Waals surface area contributed by atoms with E-state index in [9.17, 15) is 18.5 Å². The first-order valence-corrected chi connectivity index (χ1v) is 9.02. The van der Waals surface area contributed by atoms with Gasteiger partial charge in [0.2, 0.25) is 6.20 Å². The Bertz CT molecular complexity index is 806. The van der Waals surface area contributed by atoms with Crippen LogP contribution in [0.3, 0.4) is 0 Å². The first kappa shape index (κ1) is 14.9. The van der Waals surface area contributed by atoms with Crippen molar-refractivity contribution in [2.45, 2.75) is 30.6 Å². The predicted octanol–water partition coefficient (Wildman–Crippen LogP) is 1.76. The van der Waals surface area contributed by atoms with Crippen molar-refractivity contribution in [3.05, 3.63) is 51.0 Å². The SMILES string of the molecule is O=[N+]([O-])c1cccc(S(=O)(=O)N[n+]2cc3c(s2)CCCC3)c1. The largest absolute Gasteiger partial charge is 0.308 e. The van der Waals surface area contributed by atoms with Gasteiger partial charge in [0.25, 0.3) is 5.69 Å². The quantitative estimate of drug-likeness (QED) is 0.521. The highest BCUT2D eigenvalue weighted by atomic mass is 32.2. The molecule has 1 heterocycles. The van der Waals surface area contributed by atoms with Gasteiger partial charge in [0, 0.05) is 17.7 Å². The smallest absolute Gasteiger partial charge is 0.258 e. The molecule has 0 aliphatic heterocycles. The molecule has 0 saturated heterocycles. The van der Waals surface area contributed by atoms with Crippen molar-refractivity contribution in [2.75, 3.05) is 4.83 Å². The second kappa shape index (κ2) is 5.65. The normalized spacial score (nSPS) is 14.4. The molecule has 0 fully saturated rings. The van der Waals surface area contributed by atoms with Crippen LogP contribution in [0, 0.1) is 10.1 Å². The summed E-state index contributed by atoms with van der Waals surface area (Å²) in [6.45, 7) is 0. The van der Waals surface area contributed by atoms with Crippen molar-refractivity contribution in [1.29, 1.82) is 0 Å². The van der Waals surface area contributed by atoms with Gasteiger partial charge in [-0.2, -0.15) is 8.42 Å². The van der Waals surface area contributed by atoms with Crippen molar-refractivity contribution in [2.24, 2.45) is 0 Å². The number of benzene rings is 1. The van der Waals surface area contributed by atoms with Gasteiger partial charge in [0.1, 0.15) is 0 Å². The van der Waals surface area contributed by atoms with Crippen molar-refractivity contribution in [3.63, 3.8) is 0 Å². The summed E-state index contributed by atoms with van der Waals surface area (Å²) in [5, 5.41) is 10.8. The van der Waals surface area contributed by atoms with E-state index < -0.39 is 14.9 Å². The summed E-state index contributed by atoms with van der Waals surface area (Å²) in [6, 6.07) is 5.01. The van der Waals surface area contributed by atoms with Gasteiger partial charge in [-0.15, -0.1) is 0 Å². The Kier molecular flexibility index (Phi) is 3.83. The molecule has 0 spiro atoms. The molecule has 0 atom stereocenters. The van der Waals surface area contributed by atoms with E-state index in [2.05, 4.69) is 4.83 Å². The Morgan fingerprint density at radius 1 is 1.27 bits per heavy atom. The van der Waals surface area contributed by atoms with Crippen molar-refractivity contribution in [3.8, 4) is 0 Å². The summed E-state index contributed by atoms with van der Waals surface area (Å²) >= 11 is 1.36. The third-order valence-corrected chi connectivity index (χ3v) is 6.00. The second-order valence-corrected chi connectivity index (χ2v) is 7.78. The van der Waals surface area contributed by atoms with Crippen LogP contribution in [0.25, 0.3) is 0 Å². The van der Waals surface area contributed by atoms with Gasteiger partial charge in [0.15, 0.2) is 11.5 Å². The number of nitrogens with one attached hydrogen (secondary N) is 1.